The first-order chi connectivity index (χ1) is 9.41. The van der Waals surface area contributed by atoms with Crippen molar-refractivity contribution < 1.29 is 4.74 Å². The number of H-pyrrole nitrogens is 1. The van der Waals surface area contributed by atoms with Gasteiger partial charge in [0.25, 0.3) is 5.56 Å². The molecule has 0 aliphatic rings. The number of benzene rings is 1. The van der Waals surface area contributed by atoms with Crippen LogP contribution >= 0.6 is 0 Å². The van der Waals surface area contributed by atoms with Gasteiger partial charge in [0.05, 0.1) is 5.69 Å². The summed E-state index contributed by atoms with van der Waals surface area (Å²) in [7, 11) is 1.63. The number of aromatic amines is 1. The molecule has 0 spiro atoms. The van der Waals surface area contributed by atoms with E-state index in [1.807, 2.05) is 30.3 Å². The number of hydrogen-bond acceptors (Lipinski definition) is 3. The number of aromatic nitrogens is 2. The maximum absolute atomic E-state index is 11.9. The molecule has 1 atom stereocenters. The summed E-state index contributed by atoms with van der Waals surface area (Å²) in [5.41, 5.74) is 1.26. The zero-order valence-electron chi connectivity index (χ0n) is 12.3. The van der Waals surface area contributed by atoms with Crippen LogP contribution in [-0.4, -0.2) is 17.1 Å². The van der Waals surface area contributed by atoms with E-state index in [-0.39, 0.29) is 17.1 Å². The summed E-state index contributed by atoms with van der Waals surface area (Å²) < 4.78 is 5.51. The highest BCUT2D eigenvalue weighted by Gasteiger charge is 2.28. The fraction of sp³-hybridized carbons (Fsp3) is 0.375. The fourth-order valence-electron chi connectivity index (χ4n) is 2.23. The summed E-state index contributed by atoms with van der Waals surface area (Å²) in [6.07, 6.45) is -0.265. The quantitative estimate of drug-likeness (QED) is 0.933. The first kappa shape index (κ1) is 14.5. The van der Waals surface area contributed by atoms with Crippen LogP contribution in [0.1, 0.15) is 32.7 Å². The molecule has 1 N–H and O–H groups in total. The summed E-state index contributed by atoms with van der Waals surface area (Å²) >= 11 is 0. The minimum atomic E-state index is -0.265. The van der Waals surface area contributed by atoms with E-state index in [2.05, 4.69) is 30.7 Å². The van der Waals surface area contributed by atoms with Crippen molar-refractivity contribution in [2.45, 2.75) is 26.9 Å². The first-order valence-corrected chi connectivity index (χ1v) is 6.61. The number of nitrogens with zero attached hydrogens (tertiary/aromatic N) is 1. The monoisotopic (exact) mass is 272 g/mol. The summed E-state index contributed by atoms with van der Waals surface area (Å²) in [6, 6.07) is 11.2. The van der Waals surface area contributed by atoms with Crippen LogP contribution in [0.2, 0.25) is 0 Å². The van der Waals surface area contributed by atoms with Crippen molar-refractivity contribution in [3.8, 4) is 11.3 Å². The molecule has 1 aromatic heterocycles. The third-order valence-corrected chi connectivity index (χ3v) is 3.10. The van der Waals surface area contributed by atoms with Gasteiger partial charge in [-0.2, -0.15) is 0 Å². The van der Waals surface area contributed by atoms with Crippen molar-refractivity contribution in [3.63, 3.8) is 0 Å². The Bertz CT molecular complexity index is 627. The number of methoxy groups -OCH3 is 1. The van der Waals surface area contributed by atoms with Crippen LogP contribution in [0.15, 0.2) is 41.2 Å². The van der Waals surface area contributed by atoms with Crippen LogP contribution in [0.4, 0.5) is 0 Å². The molecule has 0 aliphatic heterocycles. The van der Waals surface area contributed by atoms with E-state index in [9.17, 15) is 4.79 Å². The second-order valence-electron chi connectivity index (χ2n) is 5.86. The molecule has 20 heavy (non-hydrogen) atoms. The Hall–Kier alpha value is -1.94. The fourth-order valence-corrected chi connectivity index (χ4v) is 2.23. The molecule has 0 radical (unpaired) electrons. The Kier molecular flexibility index (Phi) is 4.04. The molecule has 4 heteroatoms. The van der Waals surface area contributed by atoms with Gasteiger partial charge in [-0.15, -0.1) is 0 Å². The van der Waals surface area contributed by atoms with Crippen LogP contribution in [0, 0.1) is 5.41 Å². The average molecular weight is 272 g/mol. The second-order valence-corrected chi connectivity index (χ2v) is 5.86. The van der Waals surface area contributed by atoms with Gasteiger partial charge in [-0.3, -0.25) is 4.79 Å². The van der Waals surface area contributed by atoms with Gasteiger partial charge >= 0.3 is 0 Å². The second kappa shape index (κ2) is 5.59. The Morgan fingerprint density at radius 3 is 2.40 bits per heavy atom. The van der Waals surface area contributed by atoms with Gasteiger partial charge in [-0.05, 0) is 5.41 Å². The number of hydrogen-bond donors (Lipinski definition) is 1. The molecule has 0 bridgehead atoms. The van der Waals surface area contributed by atoms with E-state index in [4.69, 9.17) is 4.74 Å². The Morgan fingerprint density at radius 2 is 1.85 bits per heavy atom. The summed E-state index contributed by atoms with van der Waals surface area (Å²) in [5.74, 6) is 0.561. The van der Waals surface area contributed by atoms with Crippen LogP contribution in [-0.2, 0) is 4.74 Å². The van der Waals surface area contributed by atoms with Gasteiger partial charge in [-0.25, -0.2) is 4.98 Å². The third-order valence-electron chi connectivity index (χ3n) is 3.10. The summed E-state index contributed by atoms with van der Waals surface area (Å²) in [4.78, 5) is 19.2. The van der Waals surface area contributed by atoms with Crippen molar-refractivity contribution in [3.05, 3.63) is 52.6 Å². The summed E-state index contributed by atoms with van der Waals surface area (Å²) in [5, 5.41) is 0. The highest BCUT2D eigenvalue weighted by atomic mass is 16.5. The largest absolute Gasteiger partial charge is 0.373 e. The van der Waals surface area contributed by atoms with Gasteiger partial charge in [-0.1, -0.05) is 51.1 Å². The van der Waals surface area contributed by atoms with Crippen molar-refractivity contribution in [1.82, 2.24) is 9.97 Å². The number of rotatable bonds is 3. The predicted octanol–water partition coefficient (Wildman–Crippen LogP) is 3.17. The molecule has 2 rings (SSSR count). The molecule has 0 amide bonds. The van der Waals surface area contributed by atoms with E-state index in [1.54, 1.807) is 7.11 Å². The first-order valence-electron chi connectivity index (χ1n) is 6.61. The molecular weight excluding hydrogens is 252 g/mol. The molecule has 0 saturated carbocycles. The van der Waals surface area contributed by atoms with Crippen molar-refractivity contribution in [2.75, 3.05) is 7.11 Å². The van der Waals surface area contributed by atoms with E-state index in [0.29, 0.717) is 11.5 Å². The number of nitrogens with one attached hydrogen (secondary N) is 1. The Morgan fingerprint density at radius 1 is 1.20 bits per heavy atom. The highest BCUT2D eigenvalue weighted by molar-refractivity contribution is 5.58. The molecule has 0 aliphatic carbocycles. The lowest BCUT2D eigenvalue weighted by molar-refractivity contribution is 0.00857. The maximum atomic E-state index is 11.9. The molecule has 106 valence electrons. The van der Waals surface area contributed by atoms with E-state index in [0.717, 1.165) is 5.56 Å². The molecule has 1 aromatic carbocycles. The minimum absolute atomic E-state index is 0.153. The van der Waals surface area contributed by atoms with Gasteiger partial charge in [0.1, 0.15) is 11.9 Å². The molecule has 0 saturated heterocycles. The SMILES string of the molecule is COC(c1nc(-c2ccccc2)cc(=O)[nH]1)C(C)(C)C. The van der Waals surface area contributed by atoms with Crippen LogP contribution in [0.3, 0.4) is 0 Å². The Balaban J connectivity index is 2.52. The van der Waals surface area contributed by atoms with Gasteiger partial charge < -0.3 is 9.72 Å². The molecule has 4 nitrogen and oxygen atoms in total. The summed E-state index contributed by atoms with van der Waals surface area (Å²) in [6.45, 7) is 6.16. The van der Waals surface area contributed by atoms with E-state index in [1.165, 1.54) is 6.07 Å². The molecular formula is C16H20N2O2. The smallest absolute Gasteiger partial charge is 0.251 e. The lowest BCUT2D eigenvalue weighted by Crippen LogP contribution is -2.25. The number of ether oxygens (including phenoxy) is 1. The van der Waals surface area contributed by atoms with Crippen molar-refractivity contribution >= 4 is 0 Å². The standard InChI is InChI=1S/C16H20N2O2/c1-16(2,3)14(20-4)15-17-12(10-13(19)18-15)11-8-6-5-7-9-11/h5-10,14H,1-4H3,(H,17,18,19). The van der Waals surface area contributed by atoms with E-state index >= 15 is 0 Å². The van der Waals surface area contributed by atoms with E-state index < -0.39 is 0 Å². The van der Waals surface area contributed by atoms with Crippen LogP contribution in [0.5, 0.6) is 0 Å². The van der Waals surface area contributed by atoms with Gasteiger partial charge in [0.2, 0.25) is 0 Å². The predicted molar refractivity (Wildman–Crippen MR) is 79.5 cm³/mol. The van der Waals surface area contributed by atoms with Crippen molar-refractivity contribution in [2.24, 2.45) is 5.41 Å². The normalized spacial score (nSPS) is 13.2. The Labute approximate surface area is 118 Å². The topological polar surface area (TPSA) is 55.0 Å². The molecule has 0 fully saturated rings. The zero-order valence-corrected chi connectivity index (χ0v) is 12.3. The molecule has 1 unspecified atom stereocenters. The lowest BCUT2D eigenvalue weighted by Gasteiger charge is -2.28. The zero-order chi connectivity index (χ0) is 14.8. The molecule has 2 aromatic rings. The maximum Gasteiger partial charge on any atom is 0.251 e. The van der Waals surface area contributed by atoms with Crippen LogP contribution < -0.4 is 5.56 Å². The van der Waals surface area contributed by atoms with Gasteiger partial charge in [0, 0.05) is 18.7 Å². The highest BCUT2D eigenvalue weighted by Crippen LogP contribution is 2.33. The van der Waals surface area contributed by atoms with Gasteiger partial charge in [0.15, 0.2) is 0 Å². The third kappa shape index (κ3) is 3.14. The average Bonchev–Trinajstić information content (AvgIpc) is 2.38. The van der Waals surface area contributed by atoms with Crippen molar-refractivity contribution in [1.29, 1.82) is 0 Å². The molecule has 1 heterocycles. The van der Waals surface area contributed by atoms with Crippen LogP contribution in [0.25, 0.3) is 11.3 Å². The minimum Gasteiger partial charge on any atom is -0.373 e. The lowest BCUT2D eigenvalue weighted by atomic mass is 9.88.